The molecule has 3 N–H and O–H groups in total. The van der Waals surface area contributed by atoms with Gasteiger partial charge >= 0.3 is 0 Å². The molecule has 7 heteroatoms. The molecule has 1 amide bonds. The molecular formula is C12H13FN2O3S. The zero-order chi connectivity index (χ0) is 14.5. The number of carbonyl (C=O) groups excluding carboxylic acids is 1. The summed E-state index contributed by atoms with van der Waals surface area (Å²) in [6.45, 7) is 1.79. The first-order chi connectivity index (χ1) is 8.84. The highest BCUT2D eigenvalue weighted by molar-refractivity contribution is 7.89. The van der Waals surface area contributed by atoms with Crippen molar-refractivity contribution in [1.29, 1.82) is 0 Å². The summed E-state index contributed by atoms with van der Waals surface area (Å²) in [7, 11) is -3.96. The number of nitrogens with one attached hydrogen (secondary N) is 1. The molecule has 5 nitrogen and oxygen atoms in total. The average Bonchev–Trinajstić information content (AvgIpc) is 2.31. The lowest BCUT2D eigenvalue weighted by Gasteiger charge is -2.05. The Morgan fingerprint density at radius 3 is 2.58 bits per heavy atom. The van der Waals surface area contributed by atoms with E-state index < -0.39 is 21.7 Å². The zero-order valence-electron chi connectivity index (χ0n) is 10.1. The lowest BCUT2D eigenvalue weighted by molar-refractivity contribution is -0.111. The number of rotatable bonds is 4. The summed E-state index contributed by atoms with van der Waals surface area (Å²) in [5, 5.41) is 7.13. The van der Waals surface area contributed by atoms with Crippen molar-refractivity contribution in [2.24, 2.45) is 5.14 Å². The van der Waals surface area contributed by atoms with Crippen LogP contribution in [0.2, 0.25) is 0 Å². The molecule has 0 fully saturated rings. The largest absolute Gasteiger partial charge is 0.320 e. The van der Waals surface area contributed by atoms with Crippen LogP contribution in [0.15, 0.2) is 47.4 Å². The van der Waals surface area contributed by atoms with Crippen molar-refractivity contribution < 1.29 is 17.6 Å². The predicted octanol–water partition coefficient (Wildman–Crippen LogP) is 1.54. The van der Waals surface area contributed by atoms with E-state index in [4.69, 9.17) is 5.14 Å². The SMILES string of the molecule is C/C=C/C=C/C(=O)Nc1ccc(S(N)(=O)=O)cc1F. The van der Waals surface area contributed by atoms with Crippen molar-refractivity contribution >= 4 is 21.6 Å². The van der Waals surface area contributed by atoms with Gasteiger partial charge in [-0.25, -0.2) is 17.9 Å². The van der Waals surface area contributed by atoms with Gasteiger partial charge in [-0.2, -0.15) is 0 Å². The number of sulfonamides is 1. The molecule has 0 aliphatic rings. The topological polar surface area (TPSA) is 89.3 Å². The maximum atomic E-state index is 13.6. The monoisotopic (exact) mass is 284 g/mol. The van der Waals surface area contributed by atoms with Crippen LogP contribution < -0.4 is 10.5 Å². The minimum absolute atomic E-state index is 0.123. The molecule has 0 heterocycles. The van der Waals surface area contributed by atoms with Gasteiger partial charge in [0.15, 0.2) is 0 Å². The molecule has 0 aromatic heterocycles. The van der Waals surface area contributed by atoms with E-state index in [0.717, 1.165) is 18.2 Å². The molecule has 19 heavy (non-hydrogen) atoms. The number of allylic oxidation sites excluding steroid dienone is 3. The van der Waals surface area contributed by atoms with Crippen LogP contribution in [0.4, 0.5) is 10.1 Å². The highest BCUT2D eigenvalue weighted by Gasteiger charge is 2.12. The second-order valence-electron chi connectivity index (χ2n) is 3.56. The van der Waals surface area contributed by atoms with Gasteiger partial charge in [0, 0.05) is 6.08 Å². The fourth-order valence-corrected chi connectivity index (χ4v) is 1.73. The molecule has 0 aliphatic carbocycles. The molecule has 1 rings (SSSR count). The highest BCUT2D eigenvalue weighted by Crippen LogP contribution is 2.18. The summed E-state index contributed by atoms with van der Waals surface area (Å²) in [5.74, 6) is -1.40. The fraction of sp³-hybridized carbons (Fsp3) is 0.0833. The van der Waals surface area contributed by atoms with E-state index in [1.165, 1.54) is 12.2 Å². The first-order valence-corrected chi connectivity index (χ1v) is 6.82. The summed E-state index contributed by atoms with van der Waals surface area (Å²) in [6.07, 6.45) is 6.07. The second-order valence-corrected chi connectivity index (χ2v) is 5.12. The number of halogens is 1. The summed E-state index contributed by atoms with van der Waals surface area (Å²) in [4.78, 5) is 11.0. The van der Waals surface area contributed by atoms with E-state index in [0.29, 0.717) is 0 Å². The van der Waals surface area contributed by atoms with Crippen molar-refractivity contribution in [3.05, 3.63) is 48.3 Å². The Kier molecular flexibility index (Phi) is 4.96. The Labute approximate surface area is 110 Å². The van der Waals surface area contributed by atoms with Crippen LogP contribution in [0.5, 0.6) is 0 Å². The minimum Gasteiger partial charge on any atom is -0.320 e. The number of carbonyl (C=O) groups is 1. The Morgan fingerprint density at radius 1 is 1.37 bits per heavy atom. The minimum atomic E-state index is -3.96. The number of amides is 1. The van der Waals surface area contributed by atoms with Crippen molar-refractivity contribution in [2.75, 3.05) is 5.32 Å². The maximum absolute atomic E-state index is 13.6. The summed E-state index contributed by atoms with van der Waals surface area (Å²) >= 11 is 0. The smallest absolute Gasteiger partial charge is 0.248 e. The molecule has 0 atom stereocenters. The van der Waals surface area contributed by atoms with Gasteiger partial charge in [-0.3, -0.25) is 4.79 Å². The Hall–Kier alpha value is -1.99. The lowest BCUT2D eigenvalue weighted by atomic mass is 10.3. The summed E-state index contributed by atoms with van der Waals surface area (Å²) < 4.78 is 35.6. The Balaban J connectivity index is 2.90. The first-order valence-electron chi connectivity index (χ1n) is 5.27. The van der Waals surface area contributed by atoms with Crippen molar-refractivity contribution in [3.8, 4) is 0 Å². The third-order valence-electron chi connectivity index (χ3n) is 2.08. The number of nitrogens with two attached hydrogens (primary N) is 1. The molecule has 0 aliphatic heterocycles. The van der Waals surface area contributed by atoms with Crippen molar-refractivity contribution in [2.45, 2.75) is 11.8 Å². The highest BCUT2D eigenvalue weighted by atomic mass is 32.2. The normalized spacial score (nSPS) is 12.2. The molecular weight excluding hydrogens is 271 g/mol. The zero-order valence-corrected chi connectivity index (χ0v) is 10.9. The van der Waals surface area contributed by atoms with Crippen LogP contribution in [0, 0.1) is 5.82 Å². The standard InChI is InChI=1S/C12H13FN2O3S/c1-2-3-4-5-12(16)15-11-7-6-9(8-10(11)13)19(14,17)18/h2-8H,1H3,(H,15,16)(H2,14,17,18)/b3-2+,5-4+. The van der Waals surface area contributed by atoms with Crippen molar-refractivity contribution in [1.82, 2.24) is 0 Å². The third-order valence-corrected chi connectivity index (χ3v) is 2.99. The van der Waals surface area contributed by atoms with Crippen molar-refractivity contribution in [3.63, 3.8) is 0 Å². The molecule has 0 unspecified atom stereocenters. The summed E-state index contributed by atoms with van der Waals surface area (Å²) in [6, 6.07) is 3.00. The molecule has 0 bridgehead atoms. The first kappa shape index (κ1) is 15.1. The van der Waals surface area contributed by atoms with E-state index >= 15 is 0 Å². The van der Waals surface area contributed by atoms with Gasteiger partial charge in [0.2, 0.25) is 15.9 Å². The molecule has 1 aromatic carbocycles. The van der Waals surface area contributed by atoms with Crippen LogP contribution in [0.1, 0.15) is 6.92 Å². The predicted molar refractivity (Wildman–Crippen MR) is 70.4 cm³/mol. The number of benzene rings is 1. The fourth-order valence-electron chi connectivity index (χ4n) is 1.20. The number of hydrogen-bond donors (Lipinski definition) is 2. The Morgan fingerprint density at radius 2 is 2.05 bits per heavy atom. The second kappa shape index (κ2) is 6.26. The number of hydrogen-bond acceptors (Lipinski definition) is 3. The summed E-state index contributed by atoms with van der Waals surface area (Å²) in [5.41, 5.74) is -0.123. The van der Waals surface area contributed by atoms with Gasteiger partial charge in [-0.1, -0.05) is 18.2 Å². The molecule has 0 spiro atoms. The van der Waals surface area contributed by atoms with E-state index in [-0.39, 0.29) is 10.6 Å². The Bertz CT molecular complexity index is 636. The molecule has 1 aromatic rings. The number of primary sulfonamides is 1. The quantitative estimate of drug-likeness (QED) is 0.649. The third kappa shape index (κ3) is 4.65. The molecule has 0 saturated heterocycles. The number of anilines is 1. The van der Waals surface area contributed by atoms with Crippen LogP contribution in [-0.4, -0.2) is 14.3 Å². The van der Waals surface area contributed by atoms with Gasteiger partial charge in [0.05, 0.1) is 10.6 Å². The molecule has 102 valence electrons. The van der Waals surface area contributed by atoms with Crippen LogP contribution in [-0.2, 0) is 14.8 Å². The maximum Gasteiger partial charge on any atom is 0.248 e. The lowest BCUT2D eigenvalue weighted by Crippen LogP contribution is -2.14. The van der Waals surface area contributed by atoms with Gasteiger partial charge < -0.3 is 5.32 Å². The molecule has 0 saturated carbocycles. The van der Waals surface area contributed by atoms with Crippen LogP contribution in [0.3, 0.4) is 0 Å². The van der Waals surface area contributed by atoms with Gasteiger partial charge in [-0.05, 0) is 25.1 Å². The van der Waals surface area contributed by atoms with E-state index in [1.807, 2.05) is 0 Å². The van der Waals surface area contributed by atoms with E-state index in [1.54, 1.807) is 19.1 Å². The molecule has 0 radical (unpaired) electrons. The van der Waals surface area contributed by atoms with E-state index in [9.17, 15) is 17.6 Å². The van der Waals surface area contributed by atoms with Crippen LogP contribution >= 0.6 is 0 Å². The average molecular weight is 284 g/mol. The van der Waals surface area contributed by atoms with Gasteiger partial charge in [-0.15, -0.1) is 0 Å². The van der Waals surface area contributed by atoms with E-state index in [2.05, 4.69) is 5.32 Å². The van der Waals surface area contributed by atoms with Gasteiger partial charge in [0.1, 0.15) is 5.82 Å². The van der Waals surface area contributed by atoms with Gasteiger partial charge in [0.25, 0.3) is 0 Å². The van der Waals surface area contributed by atoms with Crippen LogP contribution in [0.25, 0.3) is 0 Å².